The van der Waals surface area contributed by atoms with Gasteiger partial charge in [-0.2, -0.15) is 0 Å². The summed E-state index contributed by atoms with van der Waals surface area (Å²) in [7, 11) is 0. The minimum Gasteiger partial charge on any atom is -0.374 e. The van der Waals surface area contributed by atoms with Crippen molar-refractivity contribution < 1.29 is 14.4 Å². The highest BCUT2D eigenvalue weighted by Gasteiger charge is 2.26. The average molecular weight is 386 g/mol. The number of benzene rings is 1. The molecule has 1 aliphatic heterocycles. The lowest BCUT2D eigenvalue weighted by atomic mass is 9.96. The zero-order valence-electron chi connectivity index (χ0n) is 16.8. The number of rotatable bonds is 10. The number of nitrogens with one attached hydrogen (secondary N) is 3. The highest BCUT2D eigenvalue weighted by atomic mass is 16.2. The fourth-order valence-electron chi connectivity index (χ4n) is 3.33. The Morgan fingerprint density at radius 1 is 1.29 bits per heavy atom. The molecule has 6 nitrogen and oxygen atoms in total. The smallest absolute Gasteiger partial charge is 0.249 e. The Morgan fingerprint density at radius 2 is 2.04 bits per heavy atom. The molecule has 28 heavy (non-hydrogen) atoms. The number of amides is 3. The van der Waals surface area contributed by atoms with Gasteiger partial charge in [-0.25, -0.2) is 0 Å². The van der Waals surface area contributed by atoms with Crippen molar-refractivity contribution in [2.75, 3.05) is 10.6 Å². The molecule has 2 unspecified atom stereocenters. The summed E-state index contributed by atoms with van der Waals surface area (Å²) in [6.07, 6.45) is 5.39. The molecule has 1 fully saturated rings. The Labute approximate surface area is 167 Å². The molecule has 1 aliphatic rings. The van der Waals surface area contributed by atoms with E-state index in [1.165, 1.54) is 12.8 Å². The first-order valence-corrected chi connectivity index (χ1v) is 10.0. The van der Waals surface area contributed by atoms with Crippen LogP contribution < -0.4 is 16.0 Å². The van der Waals surface area contributed by atoms with Gasteiger partial charge in [0.15, 0.2) is 0 Å². The van der Waals surface area contributed by atoms with Gasteiger partial charge in [0.05, 0.1) is 0 Å². The topological polar surface area (TPSA) is 87.3 Å². The molecule has 0 radical (unpaired) electrons. The van der Waals surface area contributed by atoms with Crippen LogP contribution >= 0.6 is 0 Å². The molecule has 6 heteroatoms. The Balaban J connectivity index is 1.83. The van der Waals surface area contributed by atoms with Crippen LogP contribution in [0.3, 0.4) is 0 Å². The van der Waals surface area contributed by atoms with E-state index in [0.29, 0.717) is 30.9 Å². The van der Waals surface area contributed by atoms with E-state index in [1.807, 2.05) is 12.1 Å². The van der Waals surface area contributed by atoms with Crippen molar-refractivity contribution >= 4 is 29.1 Å². The van der Waals surface area contributed by atoms with E-state index in [-0.39, 0.29) is 17.7 Å². The summed E-state index contributed by atoms with van der Waals surface area (Å²) in [4.78, 5) is 35.4. The average Bonchev–Trinajstić information content (AvgIpc) is 2.63. The predicted octanol–water partition coefficient (Wildman–Crippen LogP) is 4.00. The molecule has 1 aromatic carbocycles. The van der Waals surface area contributed by atoms with Gasteiger partial charge in [0, 0.05) is 24.2 Å². The summed E-state index contributed by atoms with van der Waals surface area (Å²) >= 11 is 0. The maximum absolute atomic E-state index is 12.3. The van der Waals surface area contributed by atoms with Crippen molar-refractivity contribution in [1.82, 2.24) is 5.32 Å². The molecule has 152 valence electrons. The number of carbonyl (C=O) groups excluding carboxylic acids is 3. The molecular formula is C22H31N3O3. The van der Waals surface area contributed by atoms with Crippen molar-refractivity contribution in [2.24, 2.45) is 5.92 Å². The van der Waals surface area contributed by atoms with E-state index >= 15 is 0 Å². The van der Waals surface area contributed by atoms with Crippen molar-refractivity contribution in [3.05, 3.63) is 36.4 Å². The minimum atomic E-state index is -0.450. The van der Waals surface area contributed by atoms with E-state index < -0.39 is 6.04 Å². The molecule has 2 atom stereocenters. The number of anilines is 2. The predicted molar refractivity (Wildman–Crippen MR) is 112 cm³/mol. The number of hydrogen-bond acceptors (Lipinski definition) is 4. The molecule has 2 rings (SSSR count). The van der Waals surface area contributed by atoms with Gasteiger partial charge >= 0.3 is 0 Å². The van der Waals surface area contributed by atoms with Gasteiger partial charge in [-0.15, -0.1) is 0 Å². The van der Waals surface area contributed by atoms with Crippen molar-refractivity contribution in [3.8, 4) is 0 Å². The Bertz CT molecular complexity index is 729. The molecular weight excluding hydrogens is 354 g/mol. The maximum atomic E-state index is 12.3. The van der Waals surface area contributed by atoms with Crippen molar-refractivity contribution in [2.45, 2.75) is 64.8 Å². The van der Waals surface area contributed by atoms with Crippen LogP contribution in [0.4, 0.5) is 11.4 Å². The third kappa shape index (κ3) is 7.18. The number of carbonyl (C=O) groups is 3. The van der Waals surface area contributed by atoms with Gasteiger partial charge in [0.2, 0.25) is 17.7 Å². The van der Waals surface area contributed by atoms with Crippen LogP contribution in [0.1, 0.15) is 58.8 Å². The van der Waals surface area contributed by atoms with Crippen LogP contribution in [-0.2, 0) is 14.4 Å². The largest absolute Gasteiger partial charge is 0.374 e. The van der Waals surface area contributed by atoms with Crippen LogP contribution in [-0.4, -0.2) is 23.8 Å². The second-order valence-corrected chi connectivity index (χ2v) is 7.64. The van der Waals surface area contributed by atoms with Gasteiger partial charge in [-0.3, -0.25) is 19.7 Å². The van der Waals surface area contributed by atoms with Gasteiger partial charge in [0.1, 0.15) is 6.04 Å². The molecule has 1 aromatic rings. The van der Waals surface area contributed by atoms with Crippen molar-refractivity contribution in [1.29, 1.82) is 0 Å². The Hall–Kier alpha value is -2.63. The second kappa shape index (κ2) is 10.6. The third-order valence-corrected chi connectivity index (χ3v) is 4.91. The molecule has 3 amide bonds. The van der Waals surface area contributed by atoms with E-state index in [9.17, 15) is 14.4 Å². The molecule has 3 N–H and O–H groups in total. The normalized spacial score (nSPS) is 17.6. The van der Waals surface area contributed by atoms with E-state index in [2.05, 4.69) is 36.4 Å². The number of piperidine rings is 1. The van der Waals surface area contributed by atoms with Crippen LogP contribution in [0.25, 0.3) is 0 Å². The monoisotopic (exact) mass is 385 g/mol. The zero-order chi connectivity index (χ0) is 20.5. The molecule has 0 bridgehead atoms. The molecule has 0 spiro atoms. The highest BCUT2D eigenvalue weighted by molar-refractivity contribution is 6.01. The fraction of sp³-hybridized carbons (Fsp3) is 0.500. The van der Waals surface area contributed by atoms with Crippen LogP contribution in [0, 0.1) is 5.92 Å². The maximum Gasteiger partial charge on any atom is 0.249 e. The zero-order valence-corrected chi connectivity index (χ0v) is 16.8. The minimum absolute atomic E-state index is 0.0914. The summed E-state index contributed by atoms with van der Waals surface area (Å²) in [6.45, 7) is 8.45. The summed E-state index contributed by atoms with van der Waals surface area (Å²) in [5.74, 6) is -0.00109. The highest BCUT2D eigenvalue weighted by Crippen LogP contribution is 2.20. The second-order valence-electron chi connectivity index (χ2n) is 7.64. The number of hydrogen-bond donors (Lipinski definition) is 3. The SMILES string of the molecule is C=C(CCC(C)CCC)CC(=O)Nc1cccc(NC2CCC(=O)NC2=O)c1. The molecule has 0 aromatic heterocycles. The molecule has 0 saturated carbocycles. The van der Waals surface area contributed by atoms with Crippen LogP contribution in [0.5, 0.6) is 0 Å². The summed E-state index contributed by atoms with van der Waals surface area (Å²) in [5, 5.41) is 8.33. The van der Waals surface area contributed by atoms with Crippen LogP contribution in [0.2, 0.25) is 0 Å². The van der Waals surface area contributed by atoms with Crippen LogP contribution in [0.15, 0.2) is 36.4 Å². The van der Waals surface area contributed by atoms with E-state index in [0.717, 1.165) is 24.1 Å². The van der Waals surface area contributed by atoms with Gasteiger partial charge in [0.25, 0.3) is 0 Å². The number of imide groups is 1. The quantitative estimate of drug-likeness (QED) is 0.420. The lowest BCUT2D eigenvalue weighted by Gasteiger charge is -2.23. The lowest BCUT2D eigenvalue weighted by molar-refractivity contribution is -0.133. The van der Waals surface area contributed by atoms with E-state index in [4.69, 9.17) is 0 Å². The third-order valence-electron chi connectivity index (χ3n) is 4.91. The van der Waals surface area contributed by atoms with E-state index in [1.54, 1.807) is 12.1 Å². The summed E-state index contributed by atoms with van der Waals surface area (Å²) in [5.41, 5.74) is 2.33. The molecule has 1 heterocycles. The standard InChI is InChI=1S/C22H31N3O3/c1-4-6-15(2)9-10-16(3)13-21(27)24-18-8-5-7-17(14-18)23-19-11-12-20(26)25-22(19)28/h5,7-8,14-15,19,23H,3-4,6,9-13H2,1-2H3,(H,24,27)(H,25,26,28). The van der Waals surface area contributed by atoms with Gasteiger partial charge in [-0.1, -0.05) is 44.9 Å². The first-order valence-electron chi connectivity index (χ1n) is 10.0. The van der Waals surface area contributed by atoms with Gasteiger partial charge in [-0.05, 0) is 43.4 Å². The Kier molecular flexibility index (Phi) is 8.23. The molecule has 0 aliphatic carbocycles. The lowest BCUT2D eigenvalue weighted by Crippen LogP contribution is -2.47. The molecule has 1 saturated heterocycles. The van der Waals surface area contributed by atoms with Gasteiger partial charge < -0.3 is 10.6 Å². The fourth-order valence-corrected chi connectivity index (χ4v) is 3.33. The summed E-state index contributed by atoms with van der Waals surface area (Å²) < 4.78 is 0. The summed E-state index contributed by atoms with van der Waals surface area (Å²) in [6, 6.07) is 6.78. The Morgan fingerprint density at radius 3 is 2.75 bits per heavy atom. The first-order chi connectivity index (χ1) is 13.4. The van der Waals surface area contributed by atoms with Crippen molar-refractivity contribution in [3.63, 3.8) is 0 Å². The first kappa shape index (κ1) is 21.7.